The molecule has 4 heteroatoms. The van der Waals surface area contributed by atoms with E-state index in [1.807, 2.05) is 12.5 Å². The summed E-state index contributed by atoms with van der Waals surface area (Å²) in [5, 5.41) is 0. The maximum absolute atomic E-state index is 13.4. The third-order valence-corrected chi connectivity index (χ3v) is 7.90. The summed E-state index contributed by atoms with van der Waals surface area (Å²) in [5.41, 5.74) is 8.18. The van der Waals surface area contributed by atoms with E-state index in [4.69, 9.17) is 0 Å². The Morgan fingerprint density at radius 1 is 0.970 bits per heavy atom. The lowest BCUT2D eigenvalue weighted by Crippen LogP contribution is -2.37. The average molecular weight is 438 g/mol. The van der Waals surface area contributed by atoms with Gasteiger partial charge in [-0.3, -0.25) is 4.79 Å². The van der Waals surface area contributed by atoms with Crippen LogP contribution in [0.3, 0.4) is 0 Å². The summed E-state index contributed by atoms with van der Waals surface area (Å²) >= 11 is 0. The van der Waals surface area contributed by atoms with Crippen molar-refractivity contribution < 1.29 is 4.79 Å². The molecule has 1 saturated heterocycles. The fraction of sp³-hybridized carbons (Fsp3) is 0.379. The van der Waals surface area contributed by atoms with Gasteiger partial charge in [0.05, 0.1) is 24.3 Å². The largest absolute Gasteiger partial charge is 0.375 e. The molecule has 2 aliphatic heterocycles. The first-order valence-corrected chi connectivity index (χ1v) is 12.4. The second kappa shape index (κ2) is 8.66. The number of hydrogen-bond donors (Lipinski definition) is 0. The fourth-order valence-corrected chi connectivity index (χ4v) is 5.86. The predicted molar refractivity (Wildman–Crippen MR) is 131 cm³/mol. The van der Waals surface area contributed by atoms with Crippen molar-refractivity contribution in [2.75, 3.05) is 13.1 Å². The number of imidazole rings is 1. The van der Waals surface area contributed by atoms with Crippen LogP contribution in [0.5, 0.6) is 0 Å². The molecule has 3 heterocycles. The van der Waals surface area contributed by atoms with Crippen molar-refractivity contribution in [3.8, 4) is 11.3 Å². The van der Waals surface area contributed by atoms with Crippen LogP contribution in [0.2, 0.25) is 0 Å². The third kappa shape index (κ3) is 3.82. The highest BCUT2D eigenvalue weighted by atomic mass is 16.1. The molecule has 2 aromatic carbocycles. The summed E-state index contributed by atoms with van der Waals surface area (Å²) < 4.78 is 2.19. The highest BCUT2D eigenvalue weighted by Crippen LogP contribution is 2.42. The zero-order chi connectivity index (χ0) is 22.2. The fourth-order valence-electron chi connectivity index (χ4n) is 5.86. The van der Waals surface area contributed by atoms with Crippen molar-refractivity contribution in [3.05, 3.63) is 89.5 Å². The number of allylic oxidation sites excluding steroid dienone is 2. The van der Waals surface area contributed by atoms with Crippen molar-refractivity contribution >= 4 is 5.78 Å². The van der Waals surface area contributed by atoms with Gasteiger partial charge in [-0.05, 0) is 43.2 Å². The van der Waals surface area contributed by atoms with Crippen LogP contribution in [0.4, 0.5) is 0 Å². The Hall–Kier alpha value is -3.14. The van der Waals surface area contributed by atoms with Gasteiger partial charge in [0.1, 0.15) is 5.78 Å². The van der Waals surface area contributed by atoms with E-state index in [1.165, 1.54) is 41.6 Å². The Morgan fingerprint density at radius 3 is 2.48 bits per heavy atom. The molecule has 33 heavy (non-hydrogen) atoms. The van der Waals surface area contributed by atoms with E-state index < -0.39 is 0 Å². The molecule has 1 saturated carbocycles. The highest BCUT2D eigenvalue weighted by molar-refractivity contribution is 5.83. The Kier molecular flexibility index (Phi) is 5.37. The first-order chi connectivity index (χ1) is 16.3. The van der Waals surface area contributed by atoms with E-state index in [0.29, 0.717) is 12.2 Å². The number of nitrogens with zero attached hydrogens (tertiary/aromatic N) is 3. The minimum atomic E-state index is 0.0926. The molecule has 2 fully saturated rings. The van der Waals surface area contributed by atoms with Gasteiger partial charge in [0.15, 0.2) is 0 Å². The summed E-state index contributed by atoms with van der Waals surface area (Å²) in [6, 6.07) is 19.4. The zero-order valence-corrected chi connectivity index (χ0v) is 19.1. The van der Waals surface area contributed by atoms with Crippen molar-refractivity contribution in [2.24, 2.45) is 5.92 Å². The van der Waals surface area contributed by atoms with Crippen LogP contribution in [-0.2, 0) is 11.2 Å². The van der Waals surface area contributed by atoms with Crippen LogP contribution < -0.4 is 0 Å². The van der Waals surface area contributed by atoms with Gasteiger partial charge in [-0.2, -0.15) is 0 Å². The number of likely N-dealkylation sites (tertiary alicyclic amines) is 1. The Labute approximate surface area is 196 Å². The van der Waals surface area contributed by atoms with E-state index in [2.05, 4.69) is 69.0 Å². The standard InChI is InChI=1S/C29H31N3O/c33-29(18-27-24-11-4-5-12-25(24)28-19-30-20-32(27)28)23-13-15-31(16-14-23)26(22-9-6-10-22)17-21-7-2-1-3-8-21/h1-5,7-8,11-12,19-20,23,27H,6,9-10,13-18H2. The zero-order valence-electron chi connectivity index (χ0n) is 19.1. The number of carbonyl (C=O) groups excluding carboxylic acids is 1. The maximum atomic E-state index is 13.4. The maximum Gasteiger partial charge on any atom is 0.138 e. The van der Waals surface area contributed by atoms with Gasteiger partial charge in [0.2, 0.25) is 0 Å². The van der Waals surface area contributed by atoms with Crippen molar-refractivity contribution in [2.45, 2.75) is 51.0 Å². The van der Waals surface area contributed by atoms with Gasteiger partial charge >= 0.3 is 0 Å². The molecule has 0 radical (unpaired) electrons. The quantitative estimate of drug-likeness (QED) is 0.489. The smallest absolute Gasteiger partial charge is 0.138 e. The van der Waals surface area contributed by atoms with Crippen molar-refractivity contribution in [3.63, 3.8) is 0 Å². The minimum absolute atomic E-state index is 0.0926. The molecule has 0 bridgehead atoms. The van der Waals surface area contributed by atoms with E-state index in [9.17, 15) is 4.79 Å². The number of hydrogen-bond acceptors (Lipinski definition) is 3. The number of fused-ring (bicyclic) bond motifs is 3. The predicted octanol–water partition coefficient (Wildman–Crippen LogP) is 5.80. The number of Topliss-reactive ketones (excluding diaryl/α,β-unsaturated/α-hetero) is 1. The number of piperidine rings is 1. The summed E-state index contributed by atoms with van der Waals surface area (Å²) in [5.74, 6) is 0.585. The molecule has 1 atom stereocenters. The molecule has 0 amide bonds. The Bertz CT molecular complexity index is 1180. The van der Waals surface area contributed by atoms with Gasteiger partial charge in [0, 0.05) is 43.1 Å². The van der Waals surface area contributed by atoms with E-state index >= 15 is 0 Å². The number of rotatable bonds is 6. The SMILES string of the molecule is O=C(CC1c2ccccc2-c2cncn21)C1CCN(C(Cc2ccccc2)=C2CCC2)CC1. The first kappa shape index (κ1) is 20.5. The molecule has 1 aliphatic carbocycles. The lowest BCUT2D eigenvalue weighted by Gasteiger charge is -2.38. The van der Waals surface area contributed by atoms with E-state index in [-0.39, 0.29) is 12.0 Å². The second-order valence-electron chi connectivity index (χ2n) is 9.79. The molecule has 0 spiro atoms. The Morgan fingerprint density at radius 2 is 1.73 bits per heavy atom. The highest BCUT2D eigenvalue weighted by Gasteiger charge is 2.33. The van der Waals surface area contributed by atoms with Crippen LogP contribution >= 0.6 is 0 Å². The molecule has 3 aliphatic rings. The molecular formula is C29H31N3O. The molecule has 1 unspecified atom stereocenters. The van der Waals surface area contributed by atoms with E-state index in [0.717, 1.165) is 38.0 Å². The summed E-state index contributed by atoms with van der Waals surface area (Å²) in [6.45, 7) is 2.00. The molecule has 6 rings (SSSR count). The van der Waals surface area contributed by atoms with Crippen molar-refractivity contribution in [1.82, 2.24) is 14.5 Å². The second-order valence-corrected chi connectivity index (χ2v) is 9.79. The van der Waals surface area contributed by atoms with Gasteiger partial charge in [0.25, 0.3) is 0 Å². The molecule has 0 N–H and O–H groups in total. The monoisotopic (exact) mass is 437 g/mol. The topological polar surface area (TPSA) is 38.1 Å². The first-order valence-electron chi connectivity index (χ1n) is 12.4. The van der Waals surface area contributed by atoms with Gasteiger partial charge in [-0.1, -0.05) is 60.2 Å². The summed E-state index contributed by atoms with van der Waals surface area (Å²) in [7, 11) is 0. The lowest BCUT2D eigenvalue weighted by atomic mass is 9.85. The number of aromatic nitrogens is 2. The lowest BCUT2D eigenvalue weighted by molar-refractivity contribution is -0.124. The molecular weight excluding hydrogens is 406 g/mol. The van der Waals surface area contributed by atoms with Crippen LogP contribution in [0.25, 0.3) is 11.3 Å². The molecule has 168 valence electrons. The van der Waals surface area contributed by atoms with Gasteiger partial charge in [-0.15, -0.1) is 0 Å². The average Bonchev–Trinajstić information content (AvgIpc) is 3.41. The van der Waals surface area contributed by atoms with Crippen LogP contribution in [0.15, 0.2) is 78.4 Å². The Balaban J connectivity index is 1.13. The summed E-state index contributed by atoms with van der Waals surface area (Å²) in [6.07, 6.45) is 11.2. The molecule has 1 aromatic heterocycles. The summed E-state index contributed by atoms with van der Waals surface area (Å²) in [4.78, 5) is 20.3. The van der Waals surface area contributed by atoms with Crippen LogP contribution in [0.1, 0.15) is 55.7 Å². The normalized spacial score (nSPS) is 19.7. The third-order valence-electron chi connectivity index (χ3n) is 7.90. The van der Waals surface area contributed by atoms with Crippen molar-refractivity contribution in [1.29, 1.82) is 0 Å². The van der Waals surface area contributed by atoms with Crippen LogP contribution in [0, 0.1) is 5.92 Å². The molecule has 3 aromatic rings. The van der Waals surface area contributed by atoms with Gasteiger partial charge in [-0.25, -0.2) is 4.98 Å². The molecule has 4 nitrogen and oxygen atoms in total. The number of benzene rings is 2. The minimum Gasteiger partial charge on any atom is -0.375 e. The van der Waals surface area contributed by atoms with Crippen LogP contribution in [-0.4, -0.2) is 33.3 Å². The van der Waals surface area contributed by atoms with E-state index in [1.54, 1.807) is 5.57 Å². The van der Waals surface area contributed by atoms with Gasteiger partial charge < -0.3 is 9.47 Å². The number of ketones is 1. The number of carbonyl (C=O) groups is 1.